The zero-order valence-electron chi connectivity index (χ0n) is 23.1. The summed E-state index contributed by atoms with van der Waals surface area (Å²) in [6, 6.07) is 0. The van der Waals surface area contributed by atoms with E-state index in [4.69, 9.17) is 9.47 Å². The van der Waals surface area contributed by atoms with E-state index >= 15 is 0 Å². The predicted molar refractivity (Wildman–Crippen MR) is 142 cm³/mol. The van der Waals surface area contributed by atoms with Crippen LogP contribution in [0.2, 0.25) is 0 Å². The molecule has 1 heterocycles. The van der Waals surface area contributed by atoms with E-state index in [-0.39, 0.29) is 6.29 Å². The molecule has 2 heteroatoms. The highest BCUT2D eigenvalue weighted by Crippen LogP contribution is 2.67. The Bertz CT molecular complexity index is 721. The van der Waals surface area contributed by atoms with Crippen molar-refractivity contribution in [2.45, 2.75) is 137 Å². The molecule has 4 fully saturated rings. The second-order valence-corrected chi connectivity index (χ2v) is 14.1. The van der Waals surface area contributed by atoms with Crippen LogP contribution in [0.5, 0.6) is 0 Å². The average molecular weight is 471 g/mol. The highest BCUT2D eigenvalue weighted by atomic mass is 16.7. The van der Waals surface area contributed by atoms with Crippen molar-refractivity contribution in [2.24, 2.45) is 46.3 Å². The Labute approximate surface area is 211 Å². The van der Waals surface area contributed by atoms with Gasteiger partial charge in [-0.15, -0.1) is 0 Å². The van der Waals surface area contributed by atoms with E-state index < -0.39 is 0 Å². The molecule has 0 aromatic rings. The van der Waals surface area contributed by atoms with E-state index in [0.717, 1.165) is 55.0 Å². The van der Waals surface area contributed by atoms with Crippen molar-refractivity contribution < 1.29 is 9.47 Å². The summed E-state index contributed by atoms with van der Waals surface area (Å²) in [6.07, 6.45) is 22.0. The zero-order chi connectivity index (χ0) is 23.9. The van der Waals surface area contributed by atoms with Crippen molar-refractivity contribution in [1.82, 2.24) is 0 Å². The quantitative estimate of drug-likeness (QED) is 0.346. The SMILES string of the molecule is CC(C)CCC[C@H](C)[C@@H]1CC[C@@H]2[C@H]3CC=C4C[C@@H](O[C@@H]5CCCCO5)CC[C@]4(C)[C@@H]3CC[C@@]21C. The monoisotopic (exact) mass is 470 g/mol. The van der Waals surface area contributed by atoms with Gasteiger partial charge in [0.25, 0.3) is 0 Å². The summed E-state index contributed by atoms with van der Waals surface area (Å²) in [5.74, 6) is 5.53. The van der Waals surface area contributed by atoms with Gasteiger partial charge in [0, 0.05) is 6.61 Å². The molecule has 0 radical (unpaired) electrons. The van der Waals surface area contributed by atoms with E-state index in [1.807, 2.05) is 0 Å². The molecule has 0 unspecified atom stereocenters. The lowest BCUT2D eigenvalue weighted by atomic mass is 9.47. The summed E-state index contributed by atoms with van der Waals surface area (Å²) in [5.41, 5.74) is 2.78. The lowest BCUT2D eigenvalue weighted by Gasteiger charge is -2.58. The van der Waals surface area contributed by atoms with Gasteiger partial charge in [0.05, 0.1) is 6.10 Å². The molecule has 5 aliphatic rings. The van der Waals surface area contributed by atoms with E-state index in [9.17, 15) is 0 Å². The van der Waals surface area contributed by atoms with Crippen LogP contribution in [-0.2, 0) is 9.47 Å². The van der Waals surface area contributed by atoms with Gasteiger partial charge in [0.2, 0.25) is 0 Å². The molecule has 0 aromatic carbocycles. The molecule has 5 rings (SSSR count). The Kier molecular flexibility index (Phi) is 7.59. The third-order valence-electron chi connectivity index (χ3n) is 11.7. The Morgan fingerprint density at radius 2 is 1.82 bits per heavy atom. The topological polar surface area (TPSA) is 18.5 Å². The third-order valence-corrected chi connectivity index (χ3v) is 11.7. The Balaban J connectivity index is 1.24. The molecule has 1 saturated heterocycles. The molecule has 0 bridgehead atoms. The first-order valence-corrected chi connectivity index (χ1v) is 15.3. The number of hydrogen-bond acceptors (Lipinski definition) is 2. The van der Waals surface area contributed by atoms with Crippen molar-refractivity contribution in [2.75, 3.05) is 6.61 Å². The van der Waals surface area contributed by atoms with Gasteiger partial charge in [-0.1, -0.05) is 65.5 Å². The van der Waals surface area contributed by atoms with Gasteiger partial charge in [0.1, 0.15) is 0 Å². The first-order chi connectivity index (χ1) is 16.3. The van der Waals surface area contributed by atoms with Gasteiger partial charge in [-0.25, -0.2) is 0 Å². The van der Waals surface area contributed by atoms with E-state index in [1.165, 1.54) is 77.0 Å². The molecule has 194 valence electrons. The van der Waals surface area contributed by atoms with Crippen LogP contribution >= 0.6 is 0 Å². The maximum absolute atomic E-state index is 6.47. The fraction of sp³-hybridized carbons (Fsp3) is 0.938. The van der Waals surface area contributed by atoms with Crippen LogP contribution in [0.25, 0.3) is 0 Å². The molecule has 0 N–H and O–H groups in total. The Morgan fingerprint density at radius 3 is 2.59 bits per heavy atom. The second-order valence-electron chi connectivity index (χ2n) is 14.1. The van der Waals surface area contributed by atoms with Crippen molar-refractivity contribution in [3.05, 3.63) is 11.6 Å². The summed E-state index contributed by atoms with van der Waals surface area (Å²) in [5, 5.41) is 0. The van der Waals surface area contributed by atoms with Crippen LogP contribution in [-0.4, -0.2) is 19.0 Å². The van der Waals surface area contributed by atoms with E-state index in [0.29, 0.717) is 16.9 Å². The minimum absolute atomic E-state index is 0.0633. The number of ether oxygens (including phenoxy) is 2. The molecular formula is C32H54O2. The van der Waals surface area contributed by atoms with Crippen molar-refractivity contribution >= 4 is 0 Å². The molecule has 9 atom stereocenters. The van der Waals surface area contributed by atoms with E-state index in [2.05, 4.69) is 40.7 Å². The first kappa shape index (κ1) is 25.3. The summed E-state index contributed by atoms with van der Waals surface area (Å²) in [4.78, 5) is 0. The molecule has 0 amide bonds. The lowest BCUT2D eigenvalue weighted by molar-refractivity contribution is -0.195. The van der Waals surface area contributed by atoms with Crippen LogP contribution < -0.4 is 0 Å². The van der Waals surface area contributed by atoms with Crippen molar-refractivity contribution in [1.29, 1.82) is 0 Å². The zero-order valence-corrected chi connectivity index (χ0v) is 23.1. The van der Waals surface area contributed by atoms with Crippen LogP contribution in [0.1, 0.15) is 125 Å². The van der Waals surface area contributed by atoms with Crippen molar-refractivity contribution in [3.63, 3.8) is 0 Å². The molecule has 0 aromatic heterocycles. The van der Waals surface area contributed by atoms with Gasteiger partial charge in [-0.3, -0.25) is 0 Å². The fourth-order valence-electron chi connectivity index (χ4n) is 9.80. The maximum Gasteiger partial charge on any atom is 0.157 e. The van der Waals surface area contributed by atoms with Gasteiger partial charge in [0.15, 0.2) is 6.29 Å². The van der Waals surface area contributed by atoms with Gasteiger partial charge in [-0.2, -0.15) is 0 Å². The van der Waals surface area contributed by atoms with Crippen molar-refractivity contribution in [3.8, 4) is 0 Å². The molecule has 3 saturated carbocycles. The van der Waals surface area contributed by atoms with Gasteiger partial charge < -0.3 is 9.47 Å². The van der Waals surface area contributed by atoms with Crippen LogP contribution in [0, 0.1) is 46.3 Å². The minimum atomic E-state index is 0.0633. The average Bonchev–Trinajstić information content (AvgIpc) is 3.17. The largest absolute Gasteiger partial charge is 0.353 e. The summed E-state index contributed by atoms with van der Waals surface area (Å²) in [6.45, 7) is 13.6. The number of rotatable bonds is 7. The molecule has 2 nitrogen and oxygen atoms in total. The fourth-order valence-corrected chi connectivity index (χ4v) is 9.80. The second kappa shape index (κ2) is 10.2. The Morgan fingerprint density at radius 1 is 0.971 bits per heavy atom. The summed E-state index contributed by atoms with van der Waals surface area (Å²) in [7, 11) is 0. The molecule has 34 heavy (non-hydrogen) atoms. The predicted octanol–water partition coefficient (Wildman–Crippen LogP) is 8.94. The highest BCUT2D eigenvalue weighted by Gasteiger charge is 2.59. The lowest BCUT2D eigenvalue weighted by Crippen LogP contribution is -2.51. The molecular weight excluding hydrogens is 416 g/mol. The third kappa shape index (κ3) is 4.69. The minimum Gasteiger partial charge on any atom is -0.353 e. The van der Waals surface area contributed by atoms with E-state index in [1.54, 1.807) is 5.57 Å². The van der Waals surface area contributed by atoms with Gasteiger partial charge >= 0.3 is 0 Å². The highest BCUT2D eigenvalue weighted by molar-refractivity contribution is 5.25. The number of hydrogen-bond donors (Lipinski definition) is 0. The normalized spacial score (nSPS) is 45.3. The standard InChI is InChI=1S/C32H54O2/c1-22(2)9-8-10-23(3)27-14-15-28-26-13-12-24-21-25(34-30-11-6-7-20-33-30)16-18-31(24,4)29(26)17-19-32(27,28)5/h12,22-23,25-30H,6-11,13-21H2,1-5H3/t23-,25-,26+,27-,28+,29+,30+,31-,32+/m0/s1. The summed E-state index contributed by atoms with van der Waals surface area (Å²) >= 11 is 0. The molecule has 1 aliphatic heterocycles. The van der Waals surface area contributed by atoms with Gasteiger partial charge in [-0.05, 0) is 117 Å². The smallest absolute Gasteiger partial charge is 0.157 e. The van der Waals surface area contributed by atoms with Crippen LogP contribution in [0.4, 0.5) is 0 Å². The first-order valence-electron chi connectivity index (χ1n) is 15.3. The maximum atomic E-state index is 6.47. The molecule has 0 spiro atoms. The molecule has 4 aliphatic carbocycles. The number of fused-ring (bicyclic) bond motifs is 5. The van der Waals surface area contributed by atoms with Crippen LogP contribution in [0.15, 0.2) is 11.6 Å². The summed E-state index contributed by atoms with van der Waals surface area (Å²) < 4.78 is 12.4. The number of allylic oxidation sites excluding steroid dienone is 1. The Hall–Kier alpha value is -0.340. The van der Waals surface area contributed by atoms with Crippen LogP contribution in [0.3, 0.4) is 0 Å².